The molecule has 1 aliphatic rings. The van der Waals surface area contributed by atoms with Gasteiger partial charge in [0.15, 0.2) is 0 Å². The smallest absolute Gasteiger partial charge is 0.315 e. The molecule has 0 radical (unpaired) electrons. The SMILES string of the molecule is C[C@@H](NC(=O)NC(C)(C)C)[C@H]1CCCN(C(=O)c2ccc[nH]2)C1. The van der Waals surface area contributed by atoms with Crippen LogP contribution in [0.2, 0.25) is 0 Å². The van der Waals surface area contributed by atoms with E-state index in [2.05, 4.69) is 15.6 Å². The van der Waals surface area contributed by atoms with Crippen LogP contribution in [0.3, 0.4) is 0 Å². The van der Waals surface area contributed by atoms with E-state index in [1.807, 2.05) is 38.7 Å². The van der Waals surface area contributed by atoms with Gasteiger partial charge in [0.05, 0.1) is 0 Å². The van der Waals surface area contributed by atoms with Gasteiger partial charge < -0.3 is 20.5 Å². The second kappa shape index (κ2) is 7.06. The number of urea groups is 1. The number of hydrogen-bond donors (Lipinski definition) is 3. The molecule has 2 rings (SSSR count). The Balaban J connectivity index is 1.90. The van der Waals surface area contributed by atoms with Crippen molar-refractivity contribution in [2.24, 2.45) is 5.92 Å². The fourth-order valence-corrected chi connectivity index (χ4v) is 2.94. The minimum atomic E-state index is -0.258. The topological polar surface area (TPSA) is 77.2 Å². The van der Waals surface area contributed by atoms with Crippen LogP contribution in [-0.2, 0) is 0 Å². The van der Waals surface area contributed by atoms with Gasteiger partial charge in [0.2, 0.25) is 0 Å². The third kappa shape index (κ3) is 5.01. The van der Waals surface area contributed by atoms with Crippen LogP contribution in [0.15, 0.2) is 18.3 Å². The van der Waals surface area contributed by atoms with E-state index in [0.717, 1.165) is 19.4 Å². The summed E-state index contributed by atoms with van der Waals surface area (Å²) in [6, 6.07) is 3.49. The Morgan fingerprint density at radius 2 is 2.13 bits per heavy atom. The molecule has 2 atom stereocenters. The van der Waals surface area contributed by atoms with Gasteiger partial charge in [0.1, 0.15) is 5.69 Å². The Bertz CT molecular complexity index is 533. The second-order valence-corrected chi connectivity index (χ2v) is 7.37. The number of hydrogen-bond acceptors (Lipinski definition) is 2. The molecule has 1 aromatic rings. The summed E-state index contributed by atoms with van der Waals surface area (Å²) in [7, 11) is 0. The Labute approximate surface area is 138 Å². The molecular weight excluding hydrogens is 292 g/mol. The third-order valence-corrected chi connectivity index (χ3v) is 4.13. The molecule has 6 nitrogen and oxygen atoms in total. The maximum absolute atomic E-state index is 12.4. The fraction of sp³-hybridized carbons (Fsp3) is 0.647. The molecule has 0 unspecified atom stereocenters. The highest BCUT2D eigenvalue weighted by atomic mass is 16.2. The van der Waals surface area contributed by atoms with Crippen LogP contribution in [0.5, 0.6) is 0 Å². The fourth-order valence-electron chi connectivity index (χ4n) is 2.94. The predicted molar refractivity (Wildman–Crippen MR) is 90.3 cm³/mol. The Hall–Kier alpha value is -1.98. The van der Waals surface area contributed by atoms with Crippen molar-refractivity contribution in [3.05, 3.63) is 24.0 Å². The van der Waals surface area contributed by atoms with Crippen LogP contribution in [0.1, 0.15) is 51.0 Å². The molecule has 1 fully saturated rings. The van der Waals surface area contributed by atoms with Gasteiger partial charge in [-0.25, -0.2) is 4.79 Å². The summed E-state index contributed by atoms with van der Waals surface area (Å²) < 4.78 is 0. The highest BCUT2D eigenvalue weighted by Gasteiger charge is 2.29. The molecule has 0 aliphatic carbocycles. The number of nitrogens with one attached hydrogen (secondary N) is 3. The quantitative estimate of drug-likeness (QED) is 0.799. The normalized spacial score (nSPS) is 20.0. The van der Waals surface area contributed by atoms with E-state index in [9.17, 15) is 9.59 Å². The van der Waals surface area contributed by atoms with Gasteiger partial charge in [-0.05, 0) is 58.6 Å². The van der Waals surface area contributed by atoms with Crippen molar-refractivity contribution in [2.75, 3.05) is 13.1 Å². The molecule has 0 aromatic carbocycles. The summed E-state index contributed by atoms with van der Waals surface area (Å²) in [6.07, 6.45) is 3.74. The summed E-state index contributed by atoms with van der Waals surface area (Å²) in [5.74, 6) is 0.305. The number of rotatable bonds is 3. The molecule has 2 heterocycles. The molecule has 6 heteroatoms. The lowest BCUT2D eigenvalue weighted by atomic mass is 9.91. The Kier molecular flexibility index (Phi) is 5.34. The van der Waals surface area contributed by atoms with E-state index in [1.54, 1.807) is 12.3 Å². The molecule has 1 aliphatic heterocycles. The Morgan fingerprint density at radius 3 is 2.74 bits per heavy atom. The van der Waals surface area contributed by atoms with Crippen molar-refractivity contribution in [1.82, 2.24) is 20.5 Å². The van der Waals surface area contributed by atoms with Gasteiger partial charge in [0.25, 0.3) is 5.91 Å². The zero-order chi connectivity index (χ0) is 17.0. The number of H-pyrrole nitrogens is 1. The average molecular weight is 320 g/mol. The zero-order valence-electron chi connectivity index (χ0n) is 14.5. The van der Waals surface area contributed by atoms with Gasteiger partial charge in [-0.2, -0.15) is 0 Å². The second-order valence-electron chi connectivity index (χ2n) is 7.37. The van der Waals surface area contributed by atoms with Crippen LogP contribution in [0.4, 0.5) is 4.79 Å². The zero-order valence-corrected chi connectivity index (χ0v) is 14.5. The number of amides is 3. The summed E-state index contributed by atoms with van der Waals surface area (Å²) >= 11 is 0. The molecule has 1 saturated heterocycles. The van der Waals surface area contributed by atoms with Crippen molar-refractivity contribution >= 4 is 11.9 Å². The maximum Gasteiger partial charge on any atom is 0.315 e. The number of nitrogens with zero attached hydrogens (tertiary/aromatic N) is 1. The monoisotopic (exact) mass is 320 g/mol. The van der Waals surface area contributed by atoms with Crippen molar-refractivity contribution in [3.63, 3.8) is 0 Å². The van der Waals surface area contributed by atoms with Crippen LogP contribution < -0.4 is 10.6 Å². The number of carbonyl (C=O) groups is 2. The first-order valence-corrected chi connectivity index (χ1v) is 8.27. The molecule has 0 saturated carbocycles. The van der Waals surface area contributed by atoms with Crippen molar-refractivity contribution in [1.29, 1.82) is 0 Å². The van der Waals surface area contributed by atoms with E-state index in [4.69, 9.17) is 0 Å². The van der Waals surface area contributed by atoms with Crippen LogP contribution in [0.25, 0.3) is 0 Å². The third-order valence-electron chi connectivity index (χ3n) is 4.13. The van der Waals surface area contributed by atoms with E-state index in [1.165, 1.54) is 0 Å². The van der Waals surface area contributed by atoms with E-state index in [0.29, 0.717) is 12.2 Å². The molecule has 23 heavy (non-hydrogen) atoms. The van der Waals surface area contributed by atoms with Gasteiger partial charge in [-0.1, -0.05) is 0 Å². The van der Waals surface area contributed by atoms with Crippen LogP contribution >= 0.6 is 0 Å². The maximum atomic E-state index is 12.4. The molecule has 0 bridgehead atoms. The molecule has 1 aromatic heterocycles. The Morgan fingerprint density at radius 1 is 1.39 bits per heavy atom. The van der Waals surface area contributed by atoms with Crippen LogP contribution in [-0.4, -0.2) is 46.5 Å². The van der Waals surface area contributed by atoms with Crippen molar-refractivity contribution < 1.29 is 9.59 Å². The number of likely N-dealkylation sites (tertiary alicyclic amines) is 1. The van der Waals surface area contributed by atoms with E-state index >= 15 is 0 Å². The van der Waals surface area contributed by atoms with E-state index < -0.39 is 0 Å². The summed E-state index contributed by atoms with van der Waals surface area (Å²) in [5.41, 5.74) is 0.364. The molecule has 3 amide bonds. The summed E-state index contributed by atoms with van der Waals surface area (Å²) in [5, 5.41) is 5.91. The first kappa shape index (κ1) is 17.4. The standard InChI is InChI=1S/C17H28N4O2/c1-12(19-16(23)20-17(2,3)4)13-7-6-10-21(11-13)15(22)14-8-5-9-18-14/h5,8-9,12-13,18H,6-7,10-11H2,1-4H3,(H2,19,20,23)/t12-,13+/m1/s1. The summed E-state index contributed by atoms with van der Waals surface area (Å²) in [6.45, 7) is 9.32. The van der Waals surface area contributed by atoms with Gasteiger partial charge in [-0.15, -0.1) is 0 Å². The lowest BCUT2D eigenvalue weighted by molar-refractivity contribution is 0.0648. The largest absolute Gasteiger partial charge is 0.357 e. The average Bonchev–Trinajstić information content (AvgIpc) is 2.98. The molecule has 128 valence electrons. The number of aromatic amines is 1. The lowest BCUT2D eigenvalue weighted by Gasteiger charge is -2.36. The first-order valence-electron chi connectivity index (χ1n) is 8.27. The van der Waals surface area contributed by atoms with Crippen LogP contribution in [0, 0.1) is 5.92 Å². The first-order chi connectivity index (χ1) is 10.8. The van der Waals surface area contributed by atoms with Gasteiger partial charge in [-0.3, -0.25) is 4.79 Å². The summed E-state index contributed by atoms with van der Waals surface area (Å²) in [4.78, 5) is 29.3. The minimum absolute atomic E-state index is 0.0246. The number of aromatic nitrogens is 1. The highest BCUT2D eigenvalue weighted by Crippen LogP contribution is 2.21. The predicted octanol–water partition coefficient (Wildman–Crippen LogP) is 2.35. The van der Waals surface area contributed by atoms with Gasteiger partial charge >= 0.3 is 6.03 Å². The molecular formula is C17H28N4O2. The number of carbonyl (C=O) groups excluding carboxylic acids is 2. The minimum Gasteiger partial charge on any atom is -0.357 e. The molecule has 3 N–H and O–H groups in total. The number of piperidine rings is 1. The molecule has 0 spiro atoms. The lowest BCUT2D eigenvalue weighted by Crippen LogP contribution is -2.53. The van der Waals surface area contributed by atoms with Crippen molar-refractivity contribution in [2.45, 2.75) is 52.1 Å². The van der Waals surface area contributed by atoms with Gasteiger partial charge in [0, 0.05) is 30.9 Å². The van der Waals surface area contributed by atoms with E-state index in [-0.39, 0.29) is 29.4 Å². The van der Waals surface area contributed by atoms with Crippen molar-refractivity contribution in [3.8, 4) is 0 Å². The highest BCUT2D eigenvalue weighted by molar-refractivity contribution is 5.92.